The Morgan fingerprint density at radius 1 is 0.903 bits per heavy atom. The third-order valence-electron chi connectivity index (χ3n) is 5.70. The molecule has 0 bridgehead atoms. The second-order valence-corrected chi connectivity index (χ2v) is 7.56. The van der Waals surface area contributed by atoms with Gasteiger partial charge in [-0.1, -0.05) is 18.2 Å². The number of benzene rings is 2. The molecular weight excluding hydrogens is 411 g/mol. The fourth-order valence-electron chi connectivity index (χ4n) is 4.00. The van der Waals surface area contributed by atoms with Crippen molar-refractivity contribution < 1.29 is 27.6 Å². The van der Waals surface area contributed by atoms with E-state index in [2.05, 4.69) is 0 Å². The van der Waals surface area contributed by atoms with Crippen LogP contribution in [0.5, 0.6) is 0 Å². The molecule has 3 amide bonds. The maximum absolute atomic E-state index is 13.0. The van der Waals surface area contributed by atoms with Crippen molar-refractivity contribution in [1.29, 1.82) is 0 Å². The number of rotatable bonds is 3. The van der Waals surface area contributed by atoms with Crippen LogP contribution in [0.2, 0.25) is 0 Å². The van der Waals surface area contributed by atoms with E-state index in [1.807, 2.05) is 0 Å². The number of hydrogen-bond acceptors (Lipinski definition) is 4. The zero-order chi connectivity index (χ0) is 22.3. The summed E-state index contributed by atoms with van der Waals surface area (Å²) in [6.45, 7) is 2.78. The molecule has 0 aliphatic carbocycles. The highest BCUT2D eigenvalue weighted by molar-refractivity contribution is 6.22. The first-order chi connectivity index (χ1) is 14.7. The Kier molecular flexibility index (Phi) is 5.20. The zero-order valence-corrected chi connectivity index (χ0v) is 16.7. The molecule has 2 aromatic carbocycles. The summed E-state index contributed by atoms with van der Waals surface area (Å²) in [6.07, 6.45) is -4.42. The van der Waals surface area contributed by atoms with E-state index < -0.39 is 29.6 Å². The number of alkyl halides is 3. The van der Waals surface area contributed by atoms with Crippen molar-refractivity contribution in [2.45, 2.75) is 19.1 Å². The molecule has 0 N–H and O–H groups in total. The summed E-state index contributed by atoms with van der Waals surface area (Å²) >= 11 is 0. The summed E-state index contributed by atoms with van der Waals surface area (Å²) in [7, 11) is 0. The Balaban J connectivity index is 1.42. The van der Waals surface area contributed by atoms with E-state index in [4.69, 9.17) is 0 Å². The lowest BCUT2D eigenvalue weighted by atomic mass is 10.1. The Labute approximate surface area is 176 Å². The van der Waals surface area contributed by atoms with Crippen LogP contribution in [0, 0.1) is 0 Å². The van der Waals surface area contributed by atoms with Crippen molar-refractivity contribution in [1.82, 2.24) is 9.80 Å². The second kappa shape index (κ2) is 7.72. The average Bonchev–Trinajstić information content (AvgIpc) is 3.03. The molecule has 0 radical (unpaired) electrons. The molecule has 162 valence electrons. The topological polar surface area (TPSA) is 60.9 Å². The molecule has 2 heterocycles. The summed E-state index contributed by atoms with van der Waals surface area (Å²) in [5.41, 5.74) is 0.279. The van der Waals surface area contributed by atoms with Crippen LogP contribution in [0.3, 0.4) is 0 Å². The number of fused-ring (bicyclic) bond motifs is 1. The molecule has 0 aromatic heterocycles. The predicted octanol–water partition coefficient (Wildman–Crippen LogP) is 3.04. The normalized spacial score (nSPS) is 17.7. The van der Waals surface area contributed by atoms with Crippen LogP contribution in [0.25, 0.3) is 0 Å². The second-order valence-electron chi connectivity index (χ2n) is 7.56. The average molecular weight is 431 g/mol. The standard InChI is InChI=1S/C22H20F3N3O3/c1-14(28-20(30)17-7-2-3-8-18(17)21(28)31)19(29)27-11-9-26(10-12-27)16-6-4-5-15(13-16)22(23,24)25/h2-8,13-14H,9-12H2,1H3/t14-/m1/s1. The van der Waals surface area contributed by atoms with Gasteiger partial charge in [-0.25, -0.2) is 0 Å². The van der Waals surface area contributed by atoms with E-state index >= 15 is 0 Å². The number of anilines is 1. The van der Waals surface area contributed by atoms with Crippen LogP contribution in [0.15, 0.2) is 48.5 Å². The molecule has 1 atom stereocenters. The fraction of sp³-hybridized carbons (Fsp3) is 0.318. The number of halogens is 3. The molecule has 1 saturated heterocycles. The van der Waals surface area contributed by atoms with Gasteiger partial charge in [0, 0.05) is 31.9 Å². The molecule has 6 nitrogen and oxygen atoms in total. The maximum Gasteiger partial charge on any atom is 0.416 e. The number of amides is 3. The summed E-state index contributed by atoms with van der Waals surface area (Å²) in [5.74, 6) is -1.36. The third kappa shape index (κ3) is 3.75. The van der Waals surface area contributed by atoms with Gasteiger partial charge in [0.1, 0.15) is 6.04 Å². The van der Waals surface area contributed by atoms with Gasteiger partial charge in [0.2, 0.25) is 5.91 Å². The van der Waals surface area contributed by atoms with Gasteiger partial charge in [0.15, 0.2) is 0 Å². The molecule has 31 heavy (non-hydrogen) atoms. The first-order valence-corrected chi connectivity index (χ1v) is 9.86. The quantitative estimate of drug-likeness (QED) is 0.701. The highest BCUT2D eigenvalue weighted by Gasteiger charge is 2.42. The zero-order valence-electron chi connectivity index (χ0n) is 16.7. The minimum absolute atomic E-state index is 0.279. The molecule has 2 aliphatic rings. The molecule has 2 aliphatic heterocycles. The van der Waals surface area contributed by atoms with E-state index in [0.29, 0.717) is 18.8 Å². The minimum atomic E-state index is -4.42. The van der Waals surface area contributed by atoms with Gasteiger partial charge >= 0.3 is 6.18 Å². The Morgan fingerprint density at radius 3 is 2.03 bits per heavy atom. The van der Waals surface area contributed by atoms with Gasteiger partial charge < -0.3 is 9.80 Å². The summed E-state index contributed by atoms with van der Waals surface area (Å²) < 4.78 is 38.9. The maximum atomic E-state index is 13.0. The lowest BCUT2D eigenvalue weighted by molar-refractivity contribution is -0.137. The molecule has 4 rings (SSSR count). The predicted molar refractivity (Wildman–Crippen MR) is 107 cm³/mol. The number of imide groups is 1. The van der Waals surface area contributed by atoms with Crippen molar-refractivity contribution in [3.05, 3.63) is 65.2 Å². The summed E-state index contributed by atoms with van der Waals surface area (Å²) in [6, 6.07) is 10.5. The van der Waals surface area contributed by atoms with Crippen molar-refractivity contribution in [3.63, 3.8) is 0 Å². The van der Waals surface area contributed by atoms with Gasteiger partial charge in [-0.05, 0) is 37.3 Å². The van der Waals surface area contributed by atoms with Gasteiger partial charge in [-0.2, -0.15) is 13.2 Å². The SMILES string of the molecule is C[C@H](C(=O)N1CCN(c2cccc(C(F)(F)F)c2)CC1)N1C(=O)c2ccccc2C1=O. The Bertz CT molecular complexity index is 1010. The van der Waals surface area contributed by atoms with E-state index in [1.54, 1.807) is 40.1 Å². The molecule has 1 fully saturated rings. The lowest BCUT2D eigenvalue weighted by Gasteiger charge is -2.38. The number of carbonyl (C=O) groups excluding carboxylic acids is 3. The third-order valence-corrected chi connectivity index (χ3v) is 5.70. The van der Waals surface area contributed by atoms with E-state index in [9.17, 15) is 27.6 Å². The lowest BCUT2D eigenvalue weighted by Crippen LogP contribution is -2.55. The van der Waals surface area contributed by atoms with Crippen LogP contribution < -0.4 is 4.90 Å². The summed E-state index contributed by atoms with van der Waals surface area (Å²) in [4.78, 5) is 42.5. The van der Waals surface area contributed by atoms with Gasteiger partial charge in [-0.15, -0.1) is 0 Å². The minimum Gasteiger partial charge on any atom is -0.368 e. The van der Waals surface area contributed by atoms with Gasteiger partial charge in [-0.3, -0.25) is 19.3 Å². The van der Waals surface area contributed by atoms with Crippen LogP contribution in [-0.2, 0) is 11.0 Å². The number of carbonyl (C=O) groups is 3. The first-order valence-electron chi connectivity index (χ1n) is 9.86. The Morgan fingerprint density at radius 2 is 1.48 bits per heavy atom. The number of piperazine rings is 1. The molecule has 9 heteroatoms. The Hall–Kier alpha value is -3.36. The van der Waals surface area contributed by atoms with Gasteiger partial charge in [0.25, 0.3) is 11.8 Å². The van der Waals surface area contributed by atoms with Gasteiger partial charge in [0.05, 0.1) is 16.7 Å². The van der Waals surface area contributed by atoms with Crippen LogP contribution in [-0.4, -0.2) is 59.7 Å². The van der Waals surface area contributed by atoms with E-state index in [-0.39, 0.29) is 30.1 Å². The fourth-order valence-corrected chi connectivity index (χ4v) is 4.00. The van der Waals surface area contributed by atoms with E-state index in [1.165, 1.54) is 13.0 Å². The van der Waals surface area contributed by atoms with Crippen molar-refractivity contribution in [3.8, 4) is 0 Å². The molecule has 0 spiro atoms. The van der Waals surface area contributed by atoms with Crippen LogP contribution >= 0.6 is 0 Å². The molecular formula is C22H20F3N3O3. The highest BCUT2D eigenvalue weighted by atomic mass is 19.4. The number of hydrogen-bond donors (Lipinski definition) is 0. The van der Waals surface area contributed by atoms with Crippen molar-refractivity contribution in [2.75, 3.05) is 31.1 Å². The summed E-state index contributed by atoms with van der Waals surface area (Å²) in [5, 5.41) is 0. The van der Waals surface area contributed by atoms with E-state index in [0.717, 1.165) is 17.0 Å². The highest BCUT2D eigenvalue weighted by Crippen LogP contribution is 2.32. The smallest absolute Gasteiger partial charge is 0.368 e. The molecule has 2 aromatic rings. The molecule has 0 unspecified atom stereocenters. The number of nitrogens with zero attached hydrogens (tertiary/aromatic N) is 3. The first kappa shape index (κ1) is 20.9. The largest absolute Gasteiger partial charge is 0.416 e. The van der Waals surface area contributed by atoms with Crippen molar-refractivity contribution in [2.24, 2.45) is 0 Å². The van der Waals surface area contributed by atoms with Crippen LogP contribution in [0.1, 0.15) is 33.2 Å². The monoisotopic (exact) mass is 431 g/mol. The van der Waals surface area contributed by atoms with Crippen molar-refractivity contribution >= 4 is 23.4 Å². The molecule has 0 saturated carbocycles. The van der Waals surface area contributed by atoms with Crippen LogP contribution in [0.4, 0.5) is 18.9 Å².